The van der Waals surface area contributed by atoms with E-state index < -0.39 is 11.6 Å². The van der Waals surface area contributed by atoms with Gasteiger partial charge in [0, 0.05) is 18.8 Å². The topological polar surface area (TPSA) is 65.0 Å². The molecule has 1 N–H and O–H groups in total. The summed E-state index contributed by atoms with van der Waals surface area (Å²) in [5, 5.41) is 8.05. The molecular weight excluding hydrogens is 328 g/mol. The first-order chi connectivity index (χ1) is 12.5. The molecule has 2 aliphatic rings. The summed E-state index contributed by atoms with van der Waals surface area (Å²) < 4.78 is 0. The fourth-order valence-electron chi connectivity index (χ4n) is 3.79. The maximum Gasteiger partial charge on any atom is 0.346 e. The molecule has 1 saturated carbocycles. The van der Waals surface area contributed by atoms with Gasteiger partial charge in [-0.25, -0.2) is 4.79 Å². The summed E-state index contributed by atoms with van der Waals surface area (Å²) in [6.07, 6.45) is 4.88. The molecule has 0 bridgehead atoms. The summed E-state index contributed by atoms with van der Waals surface area (Å²) >= 11 is 0. The number of hydrogen-bond donors (Lipinski definition) is 1. The Morgan fingerprint density at radius 2 is 1.81 bits per heavy atom. The molecule has 0 unspecified atom stereocenters. The van der Waals surface area contributed by atoms with Crippen LogP contribution in [0.15, 0.2) is 29.4 Å². The number of nitrogens with one attached hydrogen (secondary N) is 1. The highest BCUT2D eigenvalue weighted by molar-refractivity contribution is 6.07. The van der Waals surface area contributed by atoms with Crippen molar-refractivity contribution in [3.05, 3.63) is 29.8 Å². The summed E-state index contributed by atoms with van der Waals surface area (Å²) in [6, 6.07) is 7.55. The Kier molecular flexibility index (Phi) is 5.30. The van der Waals surface area contributed by atoms with Crippen LogP contribution >= 0.6 is 0 Å². The molecule has 0 atom stereocenters. The van der Waals surface area contributed by atoms with Crippen molar-refractivity contribution >= 4 is 23.8 Å². The predicted octanol–water partition coefficient (Wildman–Crippen LogP) is 3.37. The normalized spacial score (nSPS) is 26.0. The minimum Gasteiger partial charge on any atom is -0.372 e. The zero-order valence-electron chi connectivity index (χ0n) is 15.9. The molecule has 0 aromatic heterocycles. The molecule has 1 spiro atoms. The number of hydrazone groups is 1. The van der Waals surface area contributed by atoms with E-state index in [4.69, 9.17) is 0 Å². The third-order valence-corrected chi connectivity index (χ3v) is 5.61. The Morgan fingerprint density at radius 3 is 2.38 bits per heavy atom. The van der Waals surface area contributed by atoms with Crippen molar-refractivity contribution in [1.82, 2.24) is 10.3 Å². The fraction of sp³-hybridized carbons (Fsp3) is 0.550. The first-order valence-electron chi connectivity index (χ1n) is 9.54. The van der Waals surface area contributed by atoms with Crippen LogP contribution in [0.25, 0.3) is 0 Å². The van der Waals surface area contributed by atoms with E-state index in [-0.39, 0.29) is 5.91 Å². The molecule has 6 heteroatoms. The van der Waals surface area contributed by atoms with Gasteiger partial charge in [0.1, 0.15) is 5.54 Å². The molecule has 1 aromatic carbocycles. The van der Waals surface area contributed by atoms with E-state index in [1.165, 1.54) is 0 Å². The molecule has 6 nitrogen and oxygen atoms in total. The molecule has 1 aliphatic carbocycles. The number of hydrogen-bond acceptors (Lipinski definition) is 4. The molecule has 1 saturated heterocycles. The van der Waals surface area contributed by atoms with Crippen LogP contribution < -0.4 is 10.2 Å². The zero-order chi connectivity index (χ0) is 18.7. The molecule has 3 rings (SSSR count). The fourth-order valence-corrected chi connectivity index (χ4v) is 3.79. The van der Waals surface area contributed by atoms with Gasteiger partial charge >= 0.3 is 6.03 Å². The number of urea groups is 1. The van der Waals surface area contributed by atoms with Gasteiger partial charge in [0.25, 0.3) is 5.91 Å². The van der Waals surface area contributed by atoms with E-state index in [2.05, 4.69) is 36.1 Å². The maximum atomic E-state index is 12.8. The number of anilines is 1. The van der Waals surface area contributed by atoms with Gasteiger partial charge in [-0.1, -0.05) is 19.1 Å². The molecule has 26 heavy (non-hydrogen) atoms. The second-order valence-corrected chi connectivity index (χ2v) is 7.32. The lowest BCUT2D eigenvalue weighted by molar-refractivity contribution is -0.132. The summed E-state index contributed by atoms with van der Waals surface area (Å²) in [4.78, 5) is 27.3. The molecule has 0 radical (unpaired) electrons. The number of benzene rings is 1. The second kappa shape index (κ2) is 7.48. The Hall–Kier alpha value is -2.37. The number of nitrogens with zero attached hydrogens (tertiary/aromatic N) is 3. The standard InChI is InChI=1S/C20H28N4O2/c1-4-23(5-2)17-8-6-16(7-9-17)14-21-24-18(25)20(22-19(24)26)12-10-15(3)11-13-20/h6-9,14-15H,4-5,10-13H2,1-3H3,(H,22,26). The highest BCUT2D eigenvalue weighted by Crippen LogP contribution is 2.36. The van der Waals surface area contributed by atoms with E-state index in [0.29, 0.717) is 18.8 Å². The molecule has 3 amide bonds. The summed E-state index contributed by atoms with van der Waals surface area (Å²) in [5.41, 5.74) is 1.27. The molecule has 1 heterocycles. The number of rotatable bonds is 5. The van der Waals surface area contributed by atoms with Crippen molar-refractivity contribution in [2.45, 2.75) is 52.0 Å². The average Bonchev–Trinajstić information content (AvgIpc) is 2.88. The van der Waals surface area contributed by atoms with Gasteiger partial charge in [-0.3, -0.25) is 4.79 Å². The lowest BCUT2D eigenvalue weighted by Gasteiger charge is -2.33. The third-order valence-electron chi connectivity index (χ3n) is 5.61. The first kappa shape index (κ1) is 18.4. The van der Waals surface area contributed by atoms with Crippen LogP contribution in [0.1, 0.15) is 52.0 Å². The van der Waals surface area contributed by atoms with Gasteiger partial charge in [-0.05, 0) is 63.1 Å². The molecule has 1 aliphatic heterocycles. The van der Waals surface area contributed by atoms with Gasteiger partial charge in [0.05, 0.1) is 6.21 Å². The number of carbonyl (C=O) groups excluding carboxylic acids is 2. The van der Waals surface area contributed by atoms with Crippen molar-refractivity contribution < 1.29 is 9.59 Å². The van der Waals surface area contributed by atoms with Crippen molar-refractivity contribution in [2.75, 3.05) is 18.0 Å². The highest BCUT2D eigenvalue weighted by atomic mass is 16.2. The smallest absolute Gasteiger partial charge is 0.346 e. The van der Waals surface area contributed by atoms with Gasteiger partial charge in [-0.2, -0.15) is 5.10 Å². The van der Waals surface area contributed by atoms with Crippen LogP contribution in [0.2, 0.25) is 0 Å². The summed E-state index contributed by atoms with van der Waals surface area (Å²) in [6.45, 7) is 8.34. The molecular formula is C20H28N4O2. The minimum absolute atomic E-state index is 0.217. The summed E-state index contributed by atoms with van der Waals surface area (Å²) in [5.74, 6) is 0.387. The van der Waals surface area contributed by atoms with Gasteiger partial charge in [-0.15, -0.1) is 5.01 Å². The third kappa shape index (κ3) is 3.45. The van der Waals surface area contributed by atoms with Crippen LogP contribution in [0, 0.1) is 5.92 Å². The second-order valence-electron chi connectivity index (χ2n) is 7.32. The van der Waals surface area contributed by atoms with Crippen molar-refractivity contribution in [1.29, 1.82) is 0 Å². The van der Waals surface area contributed by atoms with Crippen molar-refractivity contribution in [3.63, 3.8) is 0 Å². The monoisotopic (exact) mass is 356 g/mol. The van der Waals surface area contributed by atoms with E-state index in [9.17, 15) is 9.59 Å². The van der Waals surface area contributed by atoms with Crippen molar-refractivity contribution in [2.24, 2.45) is 11.0 Å². The lowest BCUT2D eigenvalue weighted by Crippen LogP contribution is -2.49. The van der Waals surface area contributed by atoms with Crippen LogP contribution in [-0.2, 0) is 4.79 Å². The first-order valence-corrected chi connectivity index (χ1v) is 9.54. The van der Waals surface area contributed by atoms with Crippen LogP contribution in [0.5, 0.6) is 0 Å². The predicted molar refractivity (Wildman–Crippen MR) is 103 cm³/mol. The Balaban J connectivity index is 1.70. The van der Waals surface area contributed by atoms with E-state index in [1.807, 2.05) is 24.3 Å². The SMILES string of the molecule is CCN(CC)c1ccc(C=NN2C(=O)NC3(CCC(C)CC3)C2=O)cc1. The Bertz CT molecular complexity index is 686. The van der Waals surface area contributed by atoms with Gasteiger partial charge in [0.15, 0.2) is 0 Å². The van der Waals surface area contributed by atoms with E-state index in [0.717, 1.165) is 42.2 Å². The quantitative estimate of drug-likeness (QED) is 0.650. The van der Waals surface area contributed by atoms with E-state index in [1.54, 1.807) is 6.21 Å². The van der Waals surface area contributed by atoms with Crippen LogP contribution in [-0.4, -0.2) is 41.8 Å². The molecule has 1 aromatic rings. The largest absolute Gasteiger partial charge is 0.372 e. The Morgan fingerprint density at radius 1 is 1.19 bits per heavy atom. The lowest BCUT2D eigenvalue weighted by atomic mass is 9.77. The van der Waals surface area contributed by atoms with Gasteiger partial charge in [0.2, 0.25) is 0 Å². The van der Waals surface area contributed by atoms with Crippen LogP contribution in [0.4, 0.5) is 10.5 Å². The molecule has 2 fully saturated rings. The zero-order valence-corrected chi connectivity index (χ0v) is 15.9. The number of amides is 3. The molecule has 140 valence electrons. The van der Waals surface area contributed by atoms with E-state index >= 15 is 0 Å². The van der Waals surface area contributed by atoms with Crippen LogP contribution in [0.3, 0.4) is 0 Å². The maximum absolute atomic E-state index is 12.8. The average molecular weight is 356 g/mol. The summed E-state index contributed by atoms with van der Waals surface area (Å²) in [7, 11) is 0. The van der Waals surface area contributed by atoms with Crippen molar-refractivity contribution in [3.8, 4) is 0 Å². The highest BCUT2D eigenvalue weighted by Gasteiger charge is 2.52. The minimum atomic E-state index is -0.743. The number of carbonyl (C=O) groups is 2. The number of imide groups is 1. The Labute approximate surface area is 155 Å². The van der Waals surface area contributed by atoms with Gasteiger partial charge < -0.3 is 10.2 Å².